The maximum Gasteiger partial charge on any atom is 0.412 e. The summed E-state index contributed by atoms with van der Waals surface area (Å²) in [4.78, 5) is 19.6. The summed E-state index contributed by atoms with van der Waals surface area (Å²) in [5.74, 6) is -0.501. The van der Waals surface area contributed by atoms with Crippen molar-refractivity contribution >= 4 is 22.5 Å². The van der Waals surface area contributed by atoms with Gasteiger partial charge in [-0.15, -0.1) is 0 Å². The zero-order valence-electron chi connectivity index (χ0n) is 18.2. The summed E-state index contributed by atoms with van der Waals surface area (Å²) < 4.78 is 38.9. The van der Waals surface area contributed by atoms with Crippen LogP contribution in [0, 0.1) is 0 Å². The Labute approximate surface area is 193 Å². The first-order chi connectivity index (χ1) is 16.4. The molecule has 1 saturated heterocycles. The fourth-order valence-electron chi connectivity index (χ4n) is 4.22. The van der Waals surface area contributed by atoms with Crippen molar-refractivity contribution in [1.29, 1.82) is 0 Å². The molecular weight excluding hydrogens is 443 g/mol. The summed E-state index contributed by atoms with van der Waals surface area (Å²) >= 11 is 0. The minimum atomic E-state index is -4.41. The van der Waals surface area contributed by atoms with Gasteiger partial charge in [0.1, 0.15) is 0 Å². The number of rotatable bonds is 4. The largest absolute Gasteiger partial charge is 0.412 e. The number of halogens is 3. The molecule has 6 nitrogen and oxygen atoms in total. The van der Waals surface area contributed by atoms with Crippen molar-refractivity contribution in [3.05, 3.63) is 77.9 Å². The molecule has 0 bridgehead atoms. The molecule has 1 aromatic carbocycles. The number of aromatic nitrogens is 3. The number of carbonyl (C=O) groups excluding carboxylic acids is 1. The van der Waals surface area contributed by atoms with Crippen LogP contribution in [0.5, 0.6) is 0 Å². The molecule has 0 saturated carbocycles. The third kappa shape index (κ3) is 4.46. The third-order valence-electron chi connectivity index (χ3n) is 6.04. The van der Waals surface area contributed by atoms with Crippen LogP contribution in [-0.4, -0.2) is 40.4 Å². The fourth-order valence-corrected chi connectivity index (χ4v) is 4.22. The minimum Gasteiger partial charge on any atom is -0.370 e. The SMILES string of the molecule is O=C(NC1=CCC(C(F)(F)F)=CC=C1)c1n[nH]c2ccc(-c3cncc(N4CCCC4)c3)cc12. The number of fused-ring (bicyclic) bond motifs is 1. The molecule has 9 heteroatoms. The second-order valence-electron chi connectivity index (χ2n) is 8.33. The smallest absolute Gasteiger partial charge is 0.370 e. The molecule has 0 spiro atoms. The molecule has 3 heterocycles. The van der Waals surface area contributed by atoms with Crippen LogP contribution in [0.2, 0.25) is 0 Å². The highest BCUT2D eigenvalue weighted by Crippen LogP contribution is 2.31. The van der Waals surface area contributed by atoms with E-state index in [0.29, 0.717) is 10.9 Å². The number of nitrogens with zero attached hydrogens (tertiary/aromatic N) is 3. The van der Waals surface area contributed by atoms with Crippen molar-refractivity contribution < 1.29 is 18.0 Å². The maximum atomic E-state index is 13.0. The van der Waals surface area contributed by atoms with Crippen molar-refractivity contribution in [1.82, 2.24) is 20.5 Å². The average Bonchev–Trinajstić information content (AvgIpc) is 3.44. The van der Waals surface area contributed by atoms with Gasteiger partial charge >= 0.3 is 6.18 Å². The fraction of sp³-hybridized carbons (Fsp3) is 0.240. The van der Waals surface area contributed by atoms with Gasteiger partial charge in [0.2, 0.25) is 0 Å². The highest BCUT2D eigenvalue weighted by atomic mass is 19.4. The summed E-state index contributed by atoms with van der Waals surface area (Å²) in [7, 11) is 0. The lowest BCUT2D eigenvalue weighted by molar-refractivity contribution is -0.0928. The van der Waals surface area contributed by atoms with Gasteiger partial charge in [-0.25, -0.2) is 0 Å². The third-order valence-corrected chi connectivity index (χ3v) is 6.04. The number of alkyl halides is 3. The van der Waals surface area contributed by atoms with E-state index in [4.69, 9.17) is 0 Å². The summed E-state index contributed by atoms with van der Waals surface area (Å²) in [5, 5.41) is 10.3. The van der Waals surface area contributed by atoms with Gasteiger partial charge in [0.25, 0.3) is 5.91 Å². The van der Waals surface area contributed by atoms with Crippen LogP contribution in [0.25, 0.3) is 22.0 Å². The topological polar surface area (TPSA) is 73.9 Å². The number of hydrogen-bond donors (Lipinski definition) is 2. The molecule has 34 heavy (non-hydrogen) atoms. The van der Waals surface area contributed by atoms with E-state index in [1.54, 1.807) is 6.20 Å². The molecule has 5 rings (SSSR count). The zero-order chi connectivity index (χ0) is 23.7. The van der Waals surface area contributed by atoms with Gasteiger partial charge in [0, 0.05) is 41.5 Å². The quantitative estimate of drug-likeness (QED) is 0.549. The van der Waals surface area contributed by atoms with Gasteiger partial charge in [-0.05, 0) is 49.1 Å². The highest BCUT2D eigenvalue weighted by molar-refractivity contribution is 6.06. The van der Waals surface area contributed by atoms with Gasteiger partial charge in [-0.1, -0.05) is 24.3 Å². The monoisotopic (exact) mass is 465 g/mol. The molecule has 2 N–H and O–H groups in total. The van der Waals surface area contributed by atoms with Crippen molar-refractivity contribution in [3.8, 4) is 11.1 Å². The van der Waals surface area contributed by atoms with E-state index < -0.39 is 17.7 Å². The second-order valence-corrected chi connectivity index (χ2v) is 8.33. The lowest BCUT2D eigenvalue weighted by atomic mass is 10.0. The normalized spacial score (nSPS) is 16.4. The van der Waals surface area contributed by atoms with E-state index in [1.807, 2.05) is 24.4 Å². The predicted octanol–water partition coefficient (Wildman–Crippen LogP) is 5.29. The molecule has 0 unspecified atom stereocenters. The van der Waals surface area contributed by atoms with E-state index in [1.165, 1.54) is 31.1 Å². The Balaban J connectivity index is 1.39. The number of carbonyl (C=O) groups is 1. The minimum absolute atomic E-state index is 0.169. The molecular formula is C25H22F3N5O. The lowest BCUT2D eigenvalue weighted by Gasteiger charge is -2.17. The van der Waals surface area contributed by atoms with Crippen molar-refractivity contribution in [2.45, 2.75) is 25.4 Å². The number of pyridine rings is 1. The Morgan fingerprint density at radius 3 is 2.71 bits per heavy atom. The Hall–Kier alpha value is -3.88. The van der Waals surface area contributed by atoms with Crippen LogP contribution in [0.1, 0.15) is 29.8 Å². The van der Waals surface area contributed by atoms with Crippen molar-refractivity contribution in [3.63, 3.8) is 0 Å². The molecule has 1 amide bonds. The highest BCUT2D eigenvalue weighted by Gasteiger charge is 2.32. The second kappa shape index (κ2) is 8.81. The molecule has 0 atom stereocenters. The maximum absolute atomic E-state index is 13.0. The van der Waals surface area contributed by atoms with E-state index in [-0.39, 0.29) is 17.8 Å². The molecule has 3 aromatic rings. The number of allylic oxidation sites excluding steroid dienone is 5. The van der Waals surface area contributed by atoms with Crippen LogP contribution in [0.15, 0.2) is 72.2 Å². The van der Waals surface area contributed by atoms with Gasteiger partial charge < -0.3 is 10.2 Å². The number of hydrogen-bond acceptors (Lipinski definition) is 4. The predicted molar refractivity (Wildman–Crippen MR) is 124 cm³/mol. The summed E-state index contributed by atoms with van der Waals surface area (Å²) in [5.41, 5.74) is 3.36. The van der Waals surface area contributed by atoms with Gasteiger partial charge in [0.15, 0.2) is 5.69 Å². The van der Waals surface area contributed by atoms with Gasteiger partial charge in [-0.2, -0.15) is 18.3 Å². The molecule has 1 aliphatic heterocycles. The number of H-pyrrole nitrogens is 1. The first-order valence-electron chi connectivity index (χ1n) is 11.0. The number of nitrogens with one attached hydrogen (secondary N) is 2. The van der Waals surface area contributed by atoms with Crippen LogP contribution in [0.3, 0.4) is 0 Å². The number of amides is 1. The number of benzene rings is 1. The van der Waals surface area contributed by atoms with E-state index >= 15 is 0 Å². The van der Waals surface area contributed by atoms with Crippen LogP contribution in [0.4, 0.5) is 18.9 Å². The van der Waals surface area contributed by atoms with Crippen LogP contribution < -0.4 is 10.2 Å². The van der Waals surface area contributed by atoms with Crippen LogP contribution in [-0.2, 0) is 0 Å². The summed E-state index contributed by atoms with van der Waals surface area (Å²) in [6.07, 6.45) is 6.33. The Morgan fingerprint density at radius 1 is 1.09 bits per heavy atom. The zero-order valence-corrected chi connectivity index (χ0v) is 18.2. The van der Waals surface area contributed by atoms with Crippen LogP contribution >= 0.6 is 0 Å². The van der Waals surface area contributed by atoms with E-state index in [2.05, 4.69) is 31.5 Å². The number of aromatic amines is 1. The number of anilines is 1. The van der Waals surface area contributed by atoms with Gasteiger partial charge in [-0.3, -0.25) is 14.9 Å². The van der Waals surface area contributed by atoms with Gasteiger partial charge in [0.05, 0.1) is 17.4 Å². The molecule has 174 valence electrons. The molecule has 1 aliphatic carbocycles. The molecule has 2 aromatic heterocycles. The molecule has 0 radical (unpaired) electrons. The van der Waals surface area contributed by atoms with E-state index in [0.717, 1.165) is 36.0 Å². The van der Waals surface area contributed by atoms with Crippen molar-refractivity contribution in [2.75, 3.05) is 18.0 Å². The Bertz CT molecular complexity index is 1330. The Kier molecular flexibility index (Phi) is 5.69. The Morgan fingerprint density at radius 2 is 1.91 bits per heavy atom. The summed E-state index contributed by atoms with van der Waals surface area (Å²) in [6.45, 7) is 2.03. The van der Waals surface area contributed by atoms with Crippen molar-refractivity contribution in [2.24, 2.45) is 0 Å². The first-order valence-corrected chi connectivity index (χ1v) is 11.0. The lowest BCUT2D eigenvalue weighted by Crippen LogP contribution is -2.22. The first kappa shape index (κ1) is 21.9. The molecule has 2 aliphatic rings. The summed E-state index contributed by atoms with van der Waals surface area (Å²) in [6, 6.07) is 7.75. The molecule has 1 fully saturated rings. The van der Waals surface area contributed by atoms with E-state index in [9.17, 15) is 18.0 Å². The average molecular weight is 465 g/mol. The standard InChI is InChI=1S/C25H22F3N5O/c26-25(27,28)18-4-3-5-19(8-7-18)30-24(34)23-21-13-16(6-9-22(21)31-32-23)17-12-20(15-29-14-17)33-10-1-2-11-33/h3-6,8-9,12-15H,1-2,7,10-11H2,(H,30,34)(H,31,32).